The van der Waals surface area contributed by atoms with Crippen LogP contribution >= 0.6 is 11.8 Å². The summed E-state index contributed by atoms with van der Waals surface area (Å²) in [7, 11) is 0. The average molecular weight is 308 g/mol. The summed E-state index contributed by atoms with van der Waals surface area (Å²) in [6.45, 7) is 0.659. The summed E-state index contributed by atoms with van der Waals surface area (Å²) in [5.41, 5.74) is 3.01. The van der Waals surface area contributed by atoms with Gasteiger partial charge in [0.2, 0.25) is 0 Å². The summed E-state index contributed by atoms with van der Waals surface area (Å²) in [6.07, 6.45) is 2.51. The minimum absolute atomic E-state index is 0.611. The predicted octanol–water partition coefficient (Wildman–Crippen LogP) is 4.04. The molecule has 3 nitrogen and oxygen atoms in total. The quantitative estimate of drug-likeness (QED) is 0.509. The van der Waals surface area contributed by atoms with Gasteiger partial charge in [0.05, 0.1) is 12.7 Å². The third kappa shape index (κ3) is 3.46. The van der Waals surface area contributed by atoms with Gasteiger partial charge in [-0.2, -0.15) is 0 Å². The zero-order chi connectivity index (χ0) is 15.2. The highest BCUT2D eigenvalue weighted by Gasteiger charge is 2.10. The molecule has 0 unspecified atom stereocenters. The van der Waals surface area contributed by atoms with E-state index in [4.69, 9.17) is 0 Å². The normalized spacial score (nSPS) is 10.5. The SMILES string of the molecule is O=Cc1cnc(SCc2ccccc2)n1Cc1ccccc1. The van der Waals surface area contributed by atoms with E-state index in [1.807, 2.05) is 41.0 Å². The highest BCUT2D eigenvalue weighted by Crippen LogP contribution is 2.23. The Morgan fingerprint density at radius 1 is 0.955 bits per heavy atom. The molecule has 0 aliphatic carbocycles. The van der Waals surface area contributed by atoms with E-state index in [-0.39, 0.29) is 0 Å². The summed E-state index contributed by atoms with van der Waals surface area (Å²) in [5.74, 6) is 0.838. The first-order chi connectivity index (χ1) is 10.9. The molecule has 0 bridgehead atoms. The van der Waals surface area contributed by atoms with Crippen LogP contribution in [0.4, 0.5) is 0 Å². The standard InChI is InChI=1S/C18H16N2OS/c21-13-17-11-19-18(22-14-16-9-5-2-6-10-16)20(17)12-15-7-3-1-4-8-15/h1-11,13H,12,14H2. The Hall–Kier alpha value is -2.33. The lowest BCUT2D eigenvalue weighted by molar-refractivity contribution is 0.111. The Kier molecular flexibility index (Phi) is 4.71. The Morgan fingerprint density at radius 3 is 2.23 bits per heavy atom. The van der Waals surface area contributed by atoms with Gasteiger partial charge in [0.1, 0.15) is 5.69 Å². The van der Waals surface area contributed by atoms with E-state index < -0.39 is 0 Å². The predicted molar refractivity (Wildman–Crippen MR) is 89.2 cm³/mol. The largest absolute Gasteiger partial charge is 0.312 e. The fraction of sp³-hybridized carbons (Fsp3) is 0.111. The monoisotopic (exact) mass is 308 g/mol. The van der Waals surface area contributed by atoms with Crippen LogP contribution in [0.1, 0.15) is 21.6 Å². The van der Waals surface area contributed by atoms with E-state index in [1.165, 1.54) is 5.56 Å². The zero-order valence-electron chi connectivity index (χ0n) is 12.1. The first-order valence-electron chi connectivity index (χ1n) is 7.08. The van der Waals surface area contributed by atoms with Gasteiger partial charge in [-0.05, 0) is 11.1 Å². The number of carbonyl (C=O) groups excluding carboxylic acids is 1. The minimum Gasteiger partial charge on any atom is -0.312 e. The highest BCUT2D eigenvalue weighted by molar-refractivity contribution is 7.98. The second-order valence-corrected chi connectivity index (χ2v) is 5.87. The smallest absolute Gasteiger partial charge is 0.169 e. The van der Waals surface area contributed by atoms with Crippen LogP contribution in [0.25, 0.3) is 0 Å². The van der Waals surface area contributed by atoms with Crippen molar-refractivity contribution < 1.29 is 4.79 Å². The molecule has 0 fully saturated rings. The number of thioether (sulfide) groups is 1. The molecule has 0 atom stereocenters. The van der Waals surface area contributed by atoms with Gasteiger partial charge in [-0.15, -0.1) is 0 Å². The Bertz CT molecular complexity index is 738. The Morgan fingerprint density at radius 2 is 1.59 bits per heavy atom. The van der Waals surface area contributed by atoms with Crippen LogP contribution < -0.4 is 0 Å². The molecule has 0 saturated heterocycles. The molecule has 1 aromatic heterocycles. The molecule has 0 amide bonds. The van der Waals surface area contributed by atoms with Gasteiger partial charge in [-0.3, -0.25) is 4.79 Å². The van der Waals surface area contributed by atoms with Crippen molar-refractivity contribution in [3.05, 3.63) is 83.7 Å². The maximum atomic E-state index is 11.2. The van der Waals surface area contributed by atoms with E-state index in [2.05, 4.69) is 29.2 Å². The molecule has 4 heteroatoms. The molecule has 0 aliphatic rings. The number of imidazole rings is 1. The van der Waals surface area contributed by atoms with Gasteiger partial charge < -0.3 is 4.57 Å². The number of carbonyl (C=O) groups is 1. The van der Waals surface area contributed by atoms with Crippen molar-refractivity contribution in [1.29, 1.82) is 0 Å². The van der Waals surface area contributed by atoms with Crippen molar-refractivity contribution in [2.24, 2.45) is 0 Å². The number of hydrogen-bond acceptors (Lipinski definition) is 3. The molecular weight excluding hydrogens is 292 g/mol. The second-order valence-electron chi connectivity index (χ2n) is 4.93. The van der Waals surface area contributed by atoms with Crippen LogP contribution in [0.3, 0.4) is 0 Å². The van der Waals surface area contributed by atoms with Crippen molar-refractivity contribution >= 4 is 18.0 Å². The number of nitrogens with zero attached hydrogens (tertiary/aromatic N) is 2. The average Bonchev–Trinajstić information content (AvgIpc) is 2.97. The summed E-state index contributed by atoms with van der Waals surface area (Å²) in [5, 5.41) is 0.870. The topological polar surface area (TPSA) is 34.9 Å². The Labute approximate surface area is 134 Å². The molecule has 1 heterocycles. The van der Waals surface area contributed by atoms with Crippen molar-refractivity contribution in [2.75, 3.05) is 0 Å². The molecule has 22 heavy (non-hydrogen) atoms. The van der Waals surface area contributed by atoms with E-state index >= 15 is 0 Å². The lowest BCUT2D eigenvalue weighted by Crippen LogP contribution is -2.05. The van der Waals surface area contributed by atoms with E-state index in [0.717, 1.165) is 22.8 Å². The van der Waals surface area contributed by atoms with Crippen molar-refractivity contribution in [1.82, 2.24) is 9.55 Å². The number of aldehydes is 1. The molecule has 0 N–H and O–H groups in total. The van der Waals surface area contributed by atoms with E-state index in [0.29, 0.717) is 12.2 Å². The maximum absolute atomic E-state index is 11.2. The van der Waals surface area contributed by atoms with Crippen LogP contribution in [0, 0.1) is 0 Å². The van der Waals surface area contributed by atoms with Gasteiger partial charge in [-0.1, -0.05) is 72.4 Å². The number of hydrogen-bond donors (Lipinski definition) is 0. The zero-order valence-corrected chi connectivity index (χ0v) is 12.9. The summed E-state index contributed by atoms with van der Waals surface area (Å²) >= 11 is 1.65. The maximum Gasteiger partial charge on any atom is 0.169 e. The third-order valence-corrected chi connectivity index (χ3v) is 4.43. The first kappa shape index (κ1) is 14.6. The molecule has 0 aliphatic heterocycles. The van der Waals surface area contributed by atoms with Crippen molar-refractivity contribution in [3.8, 4) is 0 Å². The van der Waals surface area contributed by atoms with Gasteiger partial charge in [0.25, 0.3) is 0 Å². The molecule has 0 spiro atoms. The summed E-state index contributed by atoms with van der Waals surface area (Å²) in [6, 6.07) is 20.4. The van der Waals surface area contributed by atoms with Crippen LogP contribution in [0.5, 0.6) is 0 Å². The van der Waals surface area contributed by atoms with Gasteiger partial charge in [0.15, 0.2) is 11.4 Å². The van der Waals surface area contributed by atoms with E-state index in [1.54, 1.807) is 18.0 Å². The number of aromatic nitrogens is 2. The van der Waals surface area contributed by atoms with Crippen molar-refractivity contribution in [2.45, 2.75) is 17.5 Å². The minimum atomic E-state index is 0.611. The molecular formula is C18H16N2OS. The highest BCUT2D eigenvalue weighted by atomic mass is 32.2. The van der Waals surface area contributed by atoms with Crippen LogP contribution in [0.2, 0.25) is 0 Å². The molecule has 0 saturated carbocycles. The number of rotatable bonds is 6. The number of benzene rings is 2. The second kappa shape index (κ2) is 7.09. The van der Waals surface area contributed by atoms with Crippen LogP contribution in [-0.2, 0) is 12.3 Å². The lowest BCUT2D eigenvalue weighted by atomic mass is 10.2. The van der Waals surface area contributed by atoms with Crippen LogP contribution in [-0.4, -0.2) is 15.8 Å². The van der Waals surface area contributed by atoms with Gasteiger partial charge in [-0.25, -0.2) is 4.98 Å². The van der Waals surface area contributed by atoms with Gasteiger partial charge in [0, 0.05) is 5.75 Å². The molecule has 2 aromatic carbocycles. The molecule has 0 radical (unpaired) electrons. The van der Waals surface area contributed by atoms with Gasteiger partial charge >= 0.3 is 0 Å². The fourth-order valence-corrected chi connectivity index (χ4v) is 3.17. The molecule has 3 aromatic rings. The fourth-order valence-electron chi connectivity index (χ4n) is 2.23. The Balaban J connectivity index is 1.79. The third-order valence-electron chi connectivity index (χ3n) is 3.36. The first-order valence-corrected chi connectivity index (χ1v) is 8.07. The molecule has 3 rings (SSSR count). The molecule has 110 valence electrons. The summed E-state index contributed by atoms with van der Waals surface area (Å²) in [4.78, 5) is 15.6. The lowest BCUT2D eigenvalue weighted by Gasteiger charge is -2.09. The van der Waals surface area contributed by atoms with Crippen molar-refractivity contribution in [3.63, 3.8) is 0 Å². The summed E-state index contributed by atoms with van der Waals surface area (Å²) < 4.78 is 1.97. The van der Waals surface area contributed by atoms with Crippen LogP contribution in [0.15, 0.2) is 72.0 Å². The van der Waals surface area contributed by atoms with E-state index in [9.17, 15) is 4.79 Å².